The number of hydrogen-bond donors (Lipinski definition) is 3. The zero-order valence-electron chi connectivity index (χ0n) is 21.0. The van der Waals surface area contributed by atoms with Crippen LogP contribution >= 0.6 is 15.9 Å². The van der Waals surface area contributed by atoms with Gasteiger partial charge in [0, 0.05) is 29.9 Å². The van der Waals surface area contributed by atoms with Crippen molar-refractivity contribution in [3.8, 4) is 0 Å². The first-order valence-corrected chi connectivity index (χ1v) is 14.4. The number of nitrogens with two attached hydrogens (primary N) is 2. The number of benzene rings is 1. The second kappa shape index (κ2) is 14.0. The molecule has 1 aromatic rings. The number of amides is 1. The zero-order chi connectivity index (χ0) is 27.8. The van der Waals surface area contributed by atoms with Gasteiger partial charge in [-0.15, -0.1) is 0 Å². The Morgan fingerprint density at radius 3 is 2.43 bits per heavy atom. The molecule has 0 aliphatic carbocycles. The van der Waals surface area contributed by atoms with Gasteiger partial charge in [-0.25, -0.2) is 12.8 Å². The highest BCUT2D eigenvalue weighted by Crippen LogP contribution is 2.25. The molecule has 1 aliphatic heterocycles. The van der Waals surface area contributed by atoms with Crippen LogP contribution < -0.4 is 16.2 Å². The fourth-order valence-corrected chi connectivity index (χ4v) is 5.88. The molecule has 0 aromatic heterocycles. The van der Waals surface area contributed by atoms with Crippen LogP contribution in [0.3, 0.4) is 0 Å². The monoisotopic (exact) mass is 603 g/mol. The summed E-state index contributed by atoms with van der Waals surface area (Å²) < 4.78 is 42.3. The fraction of sp³-hybridized carbons (Fsp3) is 0.583. The molecule has 1 saturated heterocycles. The van der Waals surface area contributed by atoms with E-state index in [9.17, 15) is 27.2 Å². The predicted molar refractivity (Wildman–Crippen MR) is 142 cm³/mol. The van der Waals surface area contributed by atoms with Gasteiger partial charge in [0.1, 0.15) is 12.7 Å². The van der Waals surface area contributed by atoms with Crippen LogP contribution in [-0.2, 0) is 24.4 Å². The smallest absolute Gasteiger partial charge is 0.241 e. The van der Waals surface area contributed by atoms with E-state index in [0.717, 1.165) is 0 Å². The Kier molecular flexibility index (Phi) is 11.6. The van der Waals surface area contributed by atoms with E-state index in [-0.39, 0.29) is 42.6 Å². The normalized spacial score (nSPS) is 17.4. The average Bonchev–Trinajstić information content (AvgIpc) is 3.33. The molecule has 1 aromatic carbocycles. The SMILES string of the molecule is CC(C)[C@H](NS(=O)(=O)c1ccc(Br)cc1)C(=O)N1CCC[C@H]1C(=O)C[C@@H](CCCN=C(N)N)C(=O)CF. The van der Waals surface area contributed by atoms with Gasteiger partial charge in [0.2, 0.25) is 15.9 Å². The number of aliphatic imine (C=N–C) groups is 1. The van der Waals surface area contributed by atoms with E-state index in [2.05, 4.69) is 25.6 Å². The summed E-state index contributed by atoms with van der Waals surface area (Å²) in [6.07, 6.45) is 1.35. The van der Waals surface area contributed by atoms with E-state index in [0.29, 0.717) is 23.7 Å². The van der Waals surface area contributed by atoms with Crippen LogP contribution in [0.4, 0.5) is 4.39 Å². The lowest BCUT2D eigenvalue weighted by atomic mass is 9.90. The molecule has 10 nitrogen and oxygen atoms in total. The molecule has 3 atom stereocenters. The number of hydrogen-bond acceptors (Lipinski definition) is 6. The van der Waals surface area contributed by atoms with Crippen LogP contribution in [-0.4, -0.2) is 68.6 Å². The number of Topliss-reactive ketones (excluding diaryl/α,β-unsaturated/α-hetero) is 2. The van der Waals surface area contributed by atoms with Crippen LogP contribution in [0.2, 0.25) is 0 Å². The first-order chi connectivity index (χ1) is 17.4. The van der Waals surface area contributed by atoms with Gasteiger partial charge in [0.25, 0.3) is 0 Å². The first kappa shape index (κ1) is 30.8. The maximum atomic E-state index is 13.5. The standard InChI is InChI=1S/C24H35BrFN5O5S/c1-15(2)22(30-37(35,36)18-9-7-17(25)8-10-18)23(34)31-12-4-6-19(31)20(32)13-16(21(33)14-26)5-3-11-29-24(27)28/h7-10,15-16,19,22,30H,3-6,11-14H2,1-2H3,(H4,27,28,29)/t16-,19+,22+/m1/s1. The summed E-state index contributed by atoms with van der Waals surface area (Å²) in [7, 11) is -4.00. The molecular weight excluding hydrogens is 569 g/mol. The van der Waals surface area contributed by atoms with Crippen molar-refractivity contribution >= 4 is 49.4 Å². The summed E-state index contributed by atoms with van der Waals surface area (Å²) in [5, 5.41) is 0. The molecule has 0 unspecified atom stereocenters. The summed E-state index contributed by atoms with van der Waals surface area (Å²) in [5.74, 6) is -2.88. The third kappa shape index (κ3) is 8.85. The maximum absolute atomic E-state index is 13.5. The Bertz CT molecular complexity index is 1090. The lowest BCUT2D eigenvalue weighted by Crippen LogP contribution is -2.53. The minimum atomic E-state index is -4.00. The van der Waals surface area contributed by atoms with Crippen LogP contribution in [0.1, 0.15) is 46.0 Å². The van der Waals surface area contributed by atoms with Gasteiger partial charge in [0.15, 0.2) is 17.5 Å². The summed E-state index contributed by atoms with van der Waals surface area (Å²) in [4.78, 5) is 44.0. The Labute approximate surface area is 225 Å². The average molecular weight is 605 g/mol. The van der Waals surface area contributed by atoms with Crippen molar-refractivity contribution in [2.45, 2.75) is 62.9 Å². The number of ketones is 2. The van der Waals surface area contributed by atoms with Gasteiger partial charge in [0.05, 0.1) is 10.9 Å². The number of nitrogens with one attached hydrogen (secondary N) is 1. The van der Waals surface area contributed by atoms with Gasteiger partial charge >= 0.3 is 0 Å². The molecule has 1 fully saturated rings. The third-order valence-electron chi connectivity index (χ3n) is 6.29. The van der Waals surface area contributed by atoms with Gasteiger partial charge < -0.3 is 16.4 Å². The molecule has 5 N–H and O–H groups in total. The Morgan fingerprint density at radius 1 is 1.22 bits per heavy atom. The van der Waals surface area contributed by atoms with E-state index in [1.165, 1.54) is 17.0 Å². The molecule has 1 heterocycles. The third-order valence-corrected chi connectivity index (χ3v) is 8.27. The second-order valence-electron chi connectivity index (χ2n) is 9.40. The van der Waals surface area contributed by atoms with Crippen molar-refractivity contribution in [2.75, 3.05) is 19.8 Å². The summed E-state index contributed by atoms with van der Waals surface area (Å²) in [5.41, 5.74) is 10.6. The van der Waals surface area contributed by atoms with Crippen LogP contribution in [0.5, 0.6) is 0 Å². The number of sulfonamides is 1. The number of alkyl halides is 1. The number of likely N-dealkylation sites (tertiary alicyclic amines) is 1. The van der Waals surface area contributed by atoms with Crippen molar-refractivity contribution in [3.05, 3.63) is 28.7 Å². The topological polar surface area (TPSA) is 165 Å². The molecule has 1 aliphatic rings. The number of carbonyl (C=O) groups excluding carboxylic acids is 3. The second-order valence-corrected chi connectivity index (χ2v) is 12.0. The van der Waals surface area contributed by atoms with Crippen LogP contribution in [0.15, 0.2) is 38.6 Å². The minimum Gasteiger partial charge on any atom is -0.370 e. The number of nitrogens with zero attached hydrogens (tertiary/aromatic N) is 2. The van der Waals surface area contributed by atoms with Crippen molar-refractivity contribution in [1.82, 2.24) is 9.62 Å². The molecule has 0 saturated carbocycles. The summed E-state index contributed by atoms with van der Waals surface area (Å²) in [6.45, 7) is 2.76. The van der Waals surface area contributed by atoms with E-state index < -0.39 is 52.3 Å². The van der Waals surface area contributed by atoms with Gasteiger partial charge in [-0.1, -0.05) is 29.8 Å². The van der Waals surface area contributed by atoms with Crippen LogP contribution in [0, 0.1) is 11.8 Å². The highest BCUT2D eigenvalue weighted by Gasteiger charge is 2.40. The van der Waals surface area contributed by atoms with Gasteiger partial charge in [-0.05, 0) is 55.9 Å². The highest BCUT2D eigenvalue weighted by atomic mass is 79.9. The largest absolute Gasteiger partial charge is 0.370 e. The number of guanidine groups is 1. The lowest BCUT2D eigenvalue weighted by Gasteiger charge is -2.31. The number of carbonyl (C=O) groups is 3. The fourth-order valence-electron chi connectivity index (χ4n) is 4.28. The quantitative estimate of drug-likeness (QED) is 0.166. The molecule has 0 bridgehead atoms. The first-order valence-electron chi connectivity index (χ1n) is 12.1. The molecular formula is C24H35BrFN5O5S. The number of halogens is 2. The molecule has 206 valence electrons. The van der Waals surface area contributed by atoms with E-state index in [1.807, 2.05) is 0 Å². The highest BCUT2D eigenvalue weighted by molar-refractivity contribution is 9.10. The maximum Gasteiger partial charge on any atom is 0.241 e. The van der Waals surface area contributed by atoms with Crippen molar-refractivity contribution < 1.29 is 27.2 Å². The summed E-state index contributed by atoms with van der Waals surface area (Å²) in [6, 6.07) is 4.12. The van der Waals surface area contributed by atoms with E-state index in [1.54, 1.807) is 26.0 Å². The Morgan fingerprint density at radius 2 is 1.86 bits per heavy atom. The molecule has 13 heteroatoms. The van der Waals surface area contributed by atoms with E-state index >= 15 is 0 Å². The molecule has 0 radical (unpaired) electrons. The van der Waals surface area contributed by atoms with Crippen molar-refractivity contribution in [1.29, 1.82) is 0 Å². The summed E-state index contributed by atoms with van der Waals surface area (Å²) >= 11 is 3.26. The Balaban J connectivity index is 2.15. The minimum absolute atomic E-state index is 0.0106. The van der Waals surface area contributed by atoms with E-state index in [4.69, 9.17) is 11.5 Å². The predicted octanol–water partition coefficient (Wildman–Crippen LogP) is 1.91. The van der Waals surface area contributed by atoms with Gasteiger partial charge in [-0.2, -0.15) is 4.72 Å². The van der Waals surface area contributed by atoms with Crippen molar-refractivity contribution in [2.24, 2.45) is 28.3 Å². The molecule has 37 heavy (non-hydrogen) atoms. The van der Waals surface area contributed by atoms with Crippen molar-refractivity contribution in [3.63, 3.8) is 0 Å². The molecule has 0 spiro atoms. The lowest BCUT2D eigenvalue weighted by molar-refractivity contribution is -0.140. The zero-order valence-corrected chi connectivity index (χ0v) is 23.4. The molecule has 1 amide bonds. The van der Waals surface area contributed by atoms with Crippen LogP contribution in [0.25, 0.3) is 0 Å². The molecule has 2 rings (SSSR count). The Hall–Kier alpha value is -2.38. The van der Waals surface area contributed by atoms with Gasteiger partial charge in [-0.3, -0.25) is 19.4 Å². The number of rotatable bonds is 14.